The van der Waals surface area contributed by atoms with Crippen LogP contribution < -0.4 is 5.32 Å². The normalized spacial score (nSPS) is 10.0. The van der Waals surface area contributed by atoms with Gasteiger partial charge < -0.3 is 14.8 Å². The average Bonchev–Trinajstić information content (AvgIpc) is 2.52. The molecule has 0 aliphatic carbocycles. The van der Waals surface area contributed by atoms with E-state index in [9.17, 15) is 4.79 Å². The number of furan rings is 1. The summed E-state index contributed by atoms with van der Waals surface area (Å²) in [5, 5.41) is 11.1. The highest BCUT2D eigenvalue weighted by atomic mass is 16.3. The van der Waals surface area contributed by atoms with E-state index in [0.29, 0.717) is 18.7 Å². The van der Waals surface area contributed by atoms with Gasteiger partial charge in [0.05, 0.1) is 6.26 Å². The zero-order valence-corrected chi connectivity index (χ0v) is 7.54. The zero-order chi connectivity index (χ0) is 9.68. The fraction of sp³-hybridized carbons (Fsp3) is 0.444. The van der Waals surface area contributed by atoms with E-state index in [1.807, 2.05) is 6.92 Å². The van der Waals surface area contributed by atoms with Gasteiger partial charge in [0, 0.05) is 18.7 Å². The Hall–Kier alpha value is -1.29. The van der Waals surface area contributed by atoms with Crippen molar-refractivity contribution < 1.29 is 14.3 Å². The molecule has 4 nitrogen and oxygen atoms in total. The van der Waals surface area contributed by atoms with E-state index in [4.69, 9.17) is 9.52 Å². The highest BCUT2D eigenvalue weighted by molar-refractivity contribution is 5.92. The highest BCUT2D eigenvalue weighted by Crippen LogP contribution is 2.07. The lowest BCUT2D eigenvalue weighted by atomic mass is 10.2. The summed E-state index contributed by atoms with van der Waals surface area (Å²) in [5.41, 5.74) is 0.821. The smallest absolute Gasteiger partial charge is 0.287 e. The number of aliphatic hydroxyl groups is 1. The summed E-state index contributed by atoms with van der Waals surface area (Å²) in [4.78, 5) is 11.3. The van der Waals surface area contributed by atoms with Crippen LogP contribution in [0, 0.1) is 6.92 Å². The second-order valence-corrected chi connectivity index (χ2v) is 2.77. The Morgan fingerprint density at radius 2 is 2.46 bits per heavy atom. The third-order valence-electron chi connectivity index (χ3n) is 1.69. The van der Waals surface area contributed by atoms with E-state index in [1.165, 1.54) is 6.26 Å². The third-order valence-corrected chi connectivity index (χ3v) is 1.69. The van der Waals surface area contributed by atoms with Crippen molar-refractivity contribution in [3.63, 3.8) is 0 Å². The van der Waals surface area contributed by atoms with E-state index in [1.54, 1.807) is 6.07 Å². The SMILES string of the molecule is Cc1ccoc1C(=O)NCCCO. The zero-order valence-electron chi connectivity index (χ0n) is 7.54. The molecule has 0 radical (unpaired) electrons. The standard InChI is InChI=1S/C9H13NO3/c1-7-3-6-13-8(7)9(12)10-4-2-5-11/h3,6,11H,2,4-5H2,1H3,(H,10,12). The first-order valence-corrected chi connectivity index (χ1v) is 4.19. The first kappa shape index (κ1) is 9.80. The predicted molar refractivity (Wildman–Crippen MR) is 47.5 cm³/mol. The molecule has 0 saturated carbocycles. The first-order valence-electron chi connectivity index (χ1n) is 4.19. The Kier molecular flexibility index (Phi) is 3.52. The largest absolute Gasteiger partial charge is 0.459 e. The topological polar surface area (TPSA) is 62.5 Å². The number of rotatable bonds is 4. The maximum absolute atomic E-state index is 11.3. The van der Waals surface area contributed by atoms with Crippen LogP contribution in [0.1, 0.15) is 22.5 Å². The lowest BCUT2D eigenvalue weighted by molar-refractivity contribution is 0.0922. The van der Waals surface area contributed by atoms with Crippen LogP contribution in [0.25, 0.3) is 0 Å². The maximum atomic E-state index is 11.3. The molecule has 0 bridgehead atoms. The van der Waals surface area contributed by atoms with Crippen molar-refractivity contribution in [3.8, 4) is 0 Å². The molecule has 1 amide bonds. The summed E-state index contributed by atoms with van der Waals surface area (Å²) in [7, 11) is 0. The molecule has 4 heteroatoms. The minimum atomic E-state index is -0.226. The summed E-state index contributed by atoms with van der Waals surface area (Å²) in [6, 6.07) is 1.74. The van der Waals surface area contributed by atoms with Crippen molar-refractivity contribution in [2.24, 2.45) is 0 Å². The molecule has 0 unspecified atom stereocenters. The third kappa shape index (κ3) is 2.59. The van der Waals surface area contributed by atoms with Crippen LogP contribution in [0.15, 0.2) is 16.7 Å². The molecule has 0 spiro atoms. The highest BCUT2D eigenvalue weighted by Gasteiger charge is 2.10. The molecular formula is C9H13NO3. The Labute approximate surface area is 76.6 Å². The minimum absolute atomic E-state index is 0.0808. The fourth-order valence-electron chi connectivity index (χ4n) is 0.967. The Bertz CT molecular complexity index is 280. The lowest BCUT2D eigenvalue weighted by Crippen LogP contribution is -2.25. The maximum Gasteiger partial charge on any atom is 0.287 e. The molecule has 0 fully saturated rings. The number of carbonyl (C=O) groups is 1. The molecule has 1 heterocycles. The van der Waals surface area contributed by atoms with Crippen LogP contribution in [0.3, 0.4) is 0 Å². The monoisotopic (exact) mass is 183 g/mol. The van der Waals surface area contributed by atoms with Crippen molar-refractivity contribution in [1.29, 1.82) is 0 Å². The van der Waals surface area contributed by atoms with Crippen LogP contribution in [0.5, 0.6) is 0 Å². The summed E-state index contributed by atoms with van der Waals surface area (Å²) < 4.78 is 4.98. The van der Waals surface area contributed by atoms with Gasteiger partial charge in [-0.25, -0.2) is 0 Å². The van der Waals surface area contributed by atoms with Gasteiger partial charge in [-0.3, -0.25) is 4.79 Å². The number of aryl methyl sites for hydroxylation is 1. The number of hydrogen-bond donors (Lipinski definition) is 2. The van der Waals surface area contributed by atoms with E-state index in [-0.39, 0.29) is 12.5 Å². The molecule has 1 rings (SSSR count). The van der Waals surface area contributed by atoms with Crippen molar-refractivity contribution in [3.05, 3.63) is 23.7 Å². The molecule has 0 aliphatic rings. The minimum Gasteiger partial charge on any atom is -0.459 e. The molecule has 13 heavy (non-hydrogen) atoms. The average molecular weight is 183 g/mol. The summed E-state index contributed by atoms with van der Waals surface area (Å²) in [5.74, 6) is 0.119. The molecule has 0 saturated heterocycles. The second-order valence-electron chi connectivity index (χ2n) is 2.77. The van der Waals surface area contributed by atoms with Crippen LogP contribution in [0.4, 0.5) is 0 Å². The van der Waals surface area contributed by atoms with Gasteiger partial charge in [-0.2, -0.15) is 0 Å². The summed E-state index contributed by atoms with van der Waals surface area (Å²) >= 11 is 0. The molecular weight excluding hydrogens is 170 g/mol. The molecule has 0 aromatic carbocycles. The molecule has 72 valence electrons. The van der Waals surface area contributed by atoms with Crippen molar-refractivity contribution in [1.82, 2.24) is 5.32 Å². The van der Waals surface area contributed by atoms with Crippen molar-refractivity contribution in [2.75, 3.05) is 13.2 Å². The van der Waals surface area contributed by atoms with Gasteiger partial charge in [0.2, 0.25) is 0 Å². The number of hydrogen-bond acceptors (Lipinski definition) is 3. The van der Waals surface area contributed by atoms with Gasteiger partial charge in [-0.05, 0) is 19.4 Å². The molecule has 0 atom stereocenters. The van der Waals surface area contributed by atoms with Crippen LogP contribution in [-0.2, 0) is 0 Å². The first-order chi connectivity index (χ1) is 6.25. The Balaban J connectivity index is 2.45. The van der Waals surface area contributed by atoms with Crippen LogP contribution in [0.2, 0.25) is 0 Å². The van der Waals surface area contributed by atoms with Gasteiger partial charge in [0.1, 0.15) is 0 Å². The fourth-order valence-corrected chi connectivity index (χ4v) is 0.967. The Morgan fingerprint density at radius 3 is 3.00 bits per heavy atom. The van der Waals surface area contributed by atoms with Gasteiger partial charge in [0.15, 0.2) is 5.76 Å². The van der Waals surface area contributed by atoms with Gasteiger partial charge in [-0.15, -0.1) is 0 Å². The number of aliphatic hydroxyl groups excluding tert-OH is 1. The second kappa shape index (κ2) is 4.67. The number of nitrogens with one attached hydrogen (secondary N) is 1. The van der Waals surface area contributed by atoms with E-state index >= 15 is 0 Å². The van der Waals surface area contributed by atoms with Gasteiger partial charge in [-0.1, -0.05) is 0 Å². The molecule has 1 aromatic heterocycles. The van der Waals surface area contributed by atoms with Crippen molar-refractivity contribution in [2.45, 2.75) is 13.3 Å². The predicted octanol–water partition coefficient (Wildman–Crippen LogP) is 0.700. The molecule has 2 N–H and O–H groups in total. The number of carbonyl (C=O) groups excluding carboxylic acids is 1. The quantitative estimate of drug-likeness (QED) is 0.675. The Morgan fingerprint density at radius 1 is 1.69 bits per heavy atom. The summed E-state index contributed by atoms with van der Waals surface area (Å²) in [6.07, 6.45) is 2.04. The molecule has 1 aromatic rings. The van der Waals surface area contributed by atoms with E-state index in [2.05, 4.69) is 5.32 Å². The number of amides is 1. The van der Waals surface area contributed by atoms with Crippen LogP contribution >= 0.6 is 0 Å². The van der Waals surface area contributed by atoms with Crippen LogP contribution in [-0.4, -0.2) is 24.2 Å². The van der Waals surface area contributed by atoms with Gasteiger partial charge in [0.25, 0.3) is 5.91 Å². The summed E-state index contributed by atoms with van der Waals surface area (Å²) in [6.45, 7) is 2.36. The van der Waals surface area contributed by atoms with E-state index < -0.39 is 0 Å². The molecule has 0 aliphatic heterocycles. The lowest BCUT2D eigenvalue weighted by Gasteiger charge is -2.01. The van der Waals surface area contributed by atoms with E-state index in [0.717, 1.165) is 5.56 Å². The van der Waals surface area contributed by atoms with Crippen molar-refractivity contribution >= 4 is 5.91 Å². The van der Waals surface area contributed by atoms with Gasteiger partial charge >= 0.3 is 0 Å².